The molecule has 1 aliphatic heterocycles. The maximum absolute atomic E-state index is 12.5. The summed E-state index contributed by atoms with van der Waals surface area (Å²) < 4.78 is 11.9. The van der Waals surface area contributed by atoms with Gasteiger partial charge in [0.25, 0.3) is 0 Å². The summed E-state index contributed by atoms with van der Waals surface area (Å²) in [6.07, 6.45) is -0.928. The van der Waals surface area contributed by atoms with E-state index in [4.69, 9.17) is 9.47 Å². The van der Waals surface area contributed by atoms with Gasteiger partial charge in [-0.2, -0.15) is 0 Å². The van der Waals surface area contributed by atoms with Gasteiger partial charge in [0.15, 0.2) is 0 Å². The topological polar surface area (TPSA) is 59.0 Å². The Labute approximate surface area is 142 Å². The number of hydrogen-bond donors (Lipinski definition) is 1. The smallest absolute Gasteiger partial charge is 0.414 e. The molecule has 23 heavy (non-hydrogen) atoms. The number of carbonyl (C=O) groups is 1. The summed E-state index contributed by atoms with van der Waals surface area (Å²) in [6.45, 7) is 0.274. The van der Waals surface area contributed by atoms with Crippen molar-refractivity contribution in [1.82, 2.24) is 0 Å². The van der Waals surface area contributed by atoms with Crippen LogP contribution in [0.1, 0.15) is 5.56 Å². The third-order valence-electron chi connectivity index (χ3n) is 3.52. The van der Waals surface area contributed by atoms with Crippen molar-refractivity contribution in [2.24, 2.45) is 0 Å². The van der Waals surface area contributed by atoms with Crippen LogP contribution in [0.4, 0.5) is 10.5 Å². The summed E-state index contributed by atoms with van der Waals surface area (Å²) in [5.74, 6) is 0.551. The van der Waals surface area contributed by atoms with E-state index in [2.05, 4.69) is 15.9 Å². The predicted molar refractivity (Wildman–Crippen MR) is 89.6 cm³/mol. The maximum Gasteiger partial charge on any atom is 0.414 e. The number of carbonyl (C=O) groups excluding carboxylic acids is 1. The van der Waals surface area contributed by atoms with Gasteiger partial charge in [-0.15, -0.1) is 0 Å². The highest BCUT2D eigenvalue weighted by atomic mass is 79.9. The number of fused-ring (bicyclic) bond motifs is 1. The zero-order chi connectivity index (χ0) is 16.2. The summed E-state index contributed by atoms with van der Waals surface area (Å²) in [4.78, 5) is 14.0. The molecule has 0 saturated carbocycles. The minimum Gasteiger partial charge on any atom is -0.484 e. The van der Waals surface area contributed by atoms with E-state index < -0.39 is 12.2 Å². The van der Waals surface area contributed by atoms with Crippen LogP contribution in [-0.2, 0) is 11.3 Å². The zero-order valence-corrected chi connectivity index (χ0v) is 13.9. The van der Waals surface area contributed by atoms with Gasteiger partial charge in [-0.25, -0.2) is 4.79 Å². The molecule has 5 nitrogen and oxygen atoms in total. The Morgan fingerprint density at radius 3 is 2.83 bits per heavy atom. The number of hydrogen-bond acceptors (Lipinski definition) is 4. The van der Waals surface area contributed by atoms with Crippen LogP contribution in [0.25, 0.3) is 0 Å². The van der Waals surface area contributed by atoms with Gasteiger partial charge < -0.3 is 14.6 Å². The summed E-state index contributed by atoms with van der Waals surface area (Å²) in [7, 11) is 0. The molecular formula is C17H16BrNO4. The quantitative estimate of drug-likeness (QED) is 0.890. The molecule has 0 bridgehead atoms. The highest BCUT2D eigenvalue weighted by Crippen LogP contribution is 2.36. The Morgan fingerprint density at radius 2 is 2.09 bits per heavy atom. The van der Waals surface area contributed by atoms with E-state index in [9.17, 15) is 9.90 Å². The van der Waals surface area contributed by atoms with E-state index >= 15 is 0 Å². The molecule has 0 fully saturated rings. The largest absolute Gasteiger partial charge is 0.484 e. The fourth-order valence-corrected chi connectivity index (χ4v) is 2.73. The molecule has 0 saturated heterocycles. The fraction of sp³-hybridized carbons (Fsp3) is 0.235. The minimum atomic E-state index is -0.465. The van der Waals surface area contributed by atoms with Crippen molar-refractivity contribution in [2.45, 2.75) is 12.7 Å². The number of halogens is 1. The Balaban J connectivity index is 1.78. The molecule has 6 heteroatoms. The Bertz CT molecular complexity index is 692. The lowest BCUT2D eigenvalue weighted by atomic mass is 10.2. The van der Waals surface area contributed by atoms with Gasteiger partial charge in [0.05, 0.1) is 18.8 Å². The lowest BCUT2D eigenvalue weighted by Gasteiger charge is -2.33. The second-order valence-electron chi connectivity index (χ2n) is 5.19. The Morgan fingerprint density at radius 1 is 1.30 bits per heavy atom. The third kappa shape index (κ3) is 3.65. The van der Waals surface area contributed by atoms with Gasteiger partial charge in [0, 0.05) is 4.47 Å². The molecule has 1 unspecified atom stereocenters. The number of aliphatic hydroxyl groups excluding tert-OH is 1. The first-order valence-corrected chi connectivity index (χ1v) is 8.02. The van der Waals surface area contributed by atoms with Crippen LogP contribution in [0.3, 0.4) is 0 Å². The molecule has 1 aliphatic rings. The van der Waals surface area contributed by atoms with Crippen LogP contribution in [0.2, 0.25) is 0 Å². The van der Waals surface area contributed by atoms with Crippen LogP contribution in [0, 0.1) is 0 Å². The number of amides is 1. The highest BCUT2D eigenvalue weighted by molar-refractivity contribution is 9.10. The lowest BCUT2D eigenvalue weighted by Crippen LogP contribution is -2.45. The van der Waals surface area contributed by atoms with E-state index in [1.165, 1.54) is 4.90 Å². The molecule has 1 atom stereocenters. The fourth-order valence-electron chi connectivity index (χ4n) is 2.39. The Hall–Kier alpha value is -2.05. The van der Waals surface area contributed by atoms with Crippen molar-refractivity contribution in [2.75, 3.05) is 18.1 Å². The molecule has 120 valence electrons. The first-order chi connectivity index (χ1) is 11.2. The summed E-state index contributed by atoms with van der Waals surface area (Å²) >= 11 is 3.39. The molecular weight excluding hydrogens is 362 g/mol. The van der Waals surface area contributed by atoms with Crippen LogP contribution in [0.5, 0.6) is 5.75 Å². The number of benzene rings is 2. The molecule has 0 aliphatic carbocycles. The molecule has 1 amide bonds. The SMILES string of the molecule is O=C(OCc1ccccc1)N1CC(CO)Oc2ccc(Br)cc21. The predicted octanol–water partition coefficient (Wildman–Crippen LogP) is 3.35. The second kappa shape index (κ2) is 7.02. The molecule has 1 N–H and O–H groups in total. The van der Waals surface area contributed by atoms with Gasteiger partial charge in [0.2, 0.25) is 0 Å². The van der Waals surface area contributed by atoms with Crippen molar-refractivity contribution in [1.29, 1.82) is 0 Å². The van der Waals surface area contributed by atoms with E-state index in [0.29, 0.717) is 11.4 Å². The minimum absolute atomic E-state index is 0.169. The number of aliphatic hydroxyl groups is 1. The molecule has 2 aromatic carbocycles. The number of anilines is 1. The number of nitrogens with zero attached hydrogens (tertiary/aromatic N) is 1. The van der Waals surface area contributed by atoms with Gasteiger partial charge in [-0.05, 0) is 23.8 Å². The summed E-state index contributed by atoms with van der Waals surface area (Å²) in [5, 5.41) is 9.37. The van der Waals surface area contributed by atoms with Crippen molar-refractivity contribution < 1.29 is 19.4 Å². The van der Waals surface area contributed by atoms with E-state index in [1.807, 2.05) is 36.4 Å². The summed E-state index contributed by atoms with van der Waals surface area (Å²) in [6, 6.07) is 14.9. The average molecular weight is 378 g/mol. The molecule has 0 aromatic heterocycles. The van der Waals surface area contributed by atoms with Gasteiger partial charge in [0.1, 0.15) is 18.5 Å². The van der Waals surface area contributed by atoms with Crippen molar-refractivity contribution in [3.8, 4) is 5.75 Å². The average Bonchev–Trinajstić information content (AvgIpc) is 2.59. The molecule has 3 rings (SSSR count). The van der Waals surface area contributed by atoms with Crippen LogP contribution >= 0.6 is 15.9 Å². The number of ether oxygens (including phenoxy) is 2. The standard InChI is InChI=1S/C17H16BrNO4/c18-13-6-7-16-15(8-13)19(9-14(10-20)23-16)17(21)22-11-12-4-2-1-3-5-12/h1-8,14,20H,9-11H2. The zero-order valence-electron chi connectivity index (χ0n) is 12.3. The molecule has 2 aromatic rings. The third-order valence-corrected chi connectivity index (χ3v) is 4.01. The van der Waals surface area contributed by atoms with Crippen LogP contribution < -0.4 is 9.64 Å². The van der Waals surface area contributed by atoms with E-state index in [-0.39, 0.29) is 19.8 Å². The monoisotopic (exact) mass is 377 g/mol. The van der Waals surface area contributed by atoms with E-state index in [0.717, 1.165) is 10.0 Å². The van der Waals surface area contributed by atoms with Crippen LogP contribution in [-0.4, -0.2) is 30.5 Å². The summed E-state index contributed by atoms with van der Waals surface area (Å²) in [5.41, 5.74) is 1.55. The maximum atomic E-state index is 12.5. The van der Waals surface area contributed by atoms with E-state index in [1.54, 1.807) is 12.1 Å². The van der Waals surface area contributed by atoms with Gasteiger partial charge >= 0.3 is 6.09 Å². The van der Waals surface area contributed by atoms with Crippen molar-refractivity contribution in [3.63, 3.8) is 0 Å². The van der Waals surface area contributed by atoms with Crippen LogP contribution in [0.15, 0.2) is 53.0 Å². The van der Waals surface area contributed by atoms with Gasteiger partial charge in [-0.1, -0.05) is 46.3 Å². The highest BCUT2D eigenvalue weighted by Gasteiger charge is 2.30. The second-order valence-corrected chi connectivity index (χ2v) is 6.10. The Kier molecular flexibility index (Phi) is 4.83. The first-order valence-electron chi connectivity index (χ1n) is 7.22. The molecule has 0 spiro atoms. The van der Waals surface area contributed by atoms with Crippen molar-refractivity contribution >= 4 is 27.7 Å². The normalized spacial score (nSPS) is 16.4. The first kappa shape index (κ1) is 15.8. The lowest BCUT2D eigenvalue weighted by molar-refractivity contribution is 0.103. The molecule has 1 heterocycles. The number of rotatable bonds is 3. The van der Waals surface area contributed by atoms with Gasteiger partial charge in [-0.3, -0.25) is 4.90 Å². The van der Waals surface area contributed by atoms with Crippen molar-refractivity contribution in [3.05, 3.63) is 58.6 Å². The molecule has 0 radical (unpaired) electrons.